The van der Waals surface area contributed by atoms with Crippen LogP contribution < -0.4 is 0 Å². The van der Waals surface area contributed by atoms with Crippen molar-refractivity contribution in [3.63, 3.8) is 0 Å². The molecule has 1 aliphatic heterocycles. The zero-order valence-corrected chi connectivity index (χ0v) is 15.1. The normalized spacial score (nSPS) is 15.2. The molecule has 1 aliphatic rings. The number of imide groups is 1. The SMILES string of the molecule is O=C1S/C(=C\c2cc([N+](=O)[O-])cc([N+](=O)[O-])c2O)C(=O)N1Cc1ccc(F)cc1. The summed E-state index contributed by atoms with van der Waals surface area (Å²) < 4.78 is 13.0. The van der Waals surface area contributed by atoms with Gasteiger partial charge in [-0.1, -0.05) is 12.1 Å². The van der Waals surface area contributed by atoms with Crippen LogP contribution in [0.2, 0.25) is 0 Å². The summed E-state index contributed by atoms with van der Waals surface area (Å²) in [6.07, 6.45) is 0.977. The lowest BCUT2D eigenvalue weighted by Crippen LogP contribution is -2.27. The summed E-state index contributed by atoms with van der Waals surface area (Å²) in [5.74, 6) is -2.10. The number of halogens is 1. The molecular formula is C17H10FN3O7S. The average Bonchev–Trinajstić information content (AvgIpc) is 2.92. The number of nitrogens with zero attached hydrogens (tertiary/aromatic N) is 3. The van der Waals surface area contributed by atoms with Crippen LogP contribution >= 0.6 is 11.8 Å². The van der Waals surface area contributed by atoms with Gasteiger partial charge in [-0.05, 0) is 35.5 Å². The molecule has 1 saturated heterocycles. The van der Waals surface area contributed by atoms with E-state index in [2.05, 4.69) is 0 Å². The van der Waals surface area contributed by atoms with E-state index in [1.54, 1.807) is 0 Å². The summed E-state index contributed by atoms with van der Waals surface area (Å²) in [4.78, 5) is 45.5. The quantitative estimate of drug-likeness (QED) is 0.440. The van der Waals surface area contributed by atoms with Gasteiger partial charge in [0, 0.05) is 11.6 Å². The van der Waals surface area contributed by atoms with Gasteiger partial charge in [0.05, 0.1) is 27.4 Å². The van der Waals surface area contributed by atoms with E-state index in [4.69, 9.17) is 0 Å². The van der Waals surface area contributed by atoms with Gasteiger partial charge < -0.3 is 5.11 Å². The fourth-order valence-electron chi connectivity index (χ4n) is 2.53. The van der Waals surface area contributed by atoms with Crippen LogP contribution in [0, 0.1) is 26.0 Å². The average molecular weight is 419 g/mol. The van der Waals surface area contributed by atoms with E-state index < -0.39 is 43.9 Å². The van der Waals surface area contributed by atoms with Crippen molar-refractivity contribution in [1.29, 1.82) is 0 Å². The van der Waals surface area contributed by atoms with E-state index >= 15 is 0 Å². The summed E-state index contributed by atoms with van der Waals surface area (Å²) >= 11 is 0.510. The van der Waals surface area contributed by atoms with Crippen LogP contribution in [0.5, 0.6) is 5.75 Å². The number of benzene rings is 2. The Morgan fingerprint density at radius 2 is 1.76 bits per heavy atom. The molecule has 3 rings (SSSR count). The van der Waals surface area contributed by atoms with Crippen molar-refractivity contribution in [3.8, 4) is 5.75 Å². The molecule has 0 saturated carbocycles. The number of aromatic hydroxyl groups is 1. The monoisotopic (exact) mass is 419 g/mol. The van der Waals surface area contributed by atoms with Crippen molar-refractivity contribution in [2.75, 3.05) is 0 Å². The van der Waals surface area contributed by atoms with Gasteiger partial charge in [0.25, 0.3) is 16.8 Å². The smallest absolute Gasteiger partial charge is 0.318 e. The lowest BCUT2D eigenvalue weighted by atomic mass is 10.1. The zero-order chi connectivity index (χ0) is 21.3. The van der Waals surface area contributed by atoms with Crippen molar-refractivity contribution in [3.05, 3.63) is 78.5 Å². The van der Waals surface area contributed by atoms with Crippen LogP contribution in [0.15, 0.2) is 41.3 Å². The third kappa shape index (κ3) is 4.06. The van der Waals surface area contributed by atoms with Gasteiger partial charge in [-0.15, -0.1) is 0 Å². The maximum absolute atomic E-state index is 13.0. The number of amides is 2. The van der Waals surface area contributed by atoms with Crippen LogP contribution in [-0.2, 0) is 11.3 Å². The molecule has 0 aromatic heterocycles. The van der Waals surface area contributed by atoms with Crippen molar-refractivity contribution < 1.29 is 28.9 Å². The van der Waals surface area contributed by atoms with Crippen molar-refractivity contribution in [2.24, 2.45) is 0 Å². The number of non-ortho nitro benzene ring substituents is 1. The van der Waals surface area contributed by atoms with E-state index in [1.807, 2.05) is 0 Å². The highest BCUT2D eigenvalue weighted by Crippen LogP contribution is 2.39. The number of carbonyl (C=O) groups is 2. The maximum atomic E-state index is 13.0. The van der Waals surface area contributed by atoms with E-state index in [0.29, 0.717) is 23.4 Å². The molecule has 29 heavy (non-hydrogen) atoms. The van der Waals surface area contributed by atoms with E-state index in [9.17, 15) is 39.3 Å². The Morgan fingerprint density at radius 1 is 1.10 bits per heavy atom. The third-order valence-electron chi connectivity index (χ3n) is 3.93. The zero-order valence-electron chi connectivity index (χ0n) is 14.3. The van der Waals surface area contributed by atoms with Crippen LogP contribution in [0.4, 0.5) is 20.6 Å². The number of hydrogen-bond donors (Lipinski definition) is 1. The number of phenolic OH excluding ortho intramolecular Hbond substituents is 1. The van der Waals surface area contributed by atoms with Gasteiger partial charge >= 0.3 is 5.69 Å². The summed E-state index contributed by atoms with van der Waals surface area (Å²) in [5.41, 5.74) is -1.43. The molecule has 0 aliphatic carbocycles. The second-order valence-corrected chi connectivity index (χ2v) is 6.80. The molecule has 0 spiro atoms. The summed E-state index contributed by atoms with van der Waals surface area (Å²) in [6, 6.07) is 6.59. The molecule has 2 aromatic carbocycles. The first-order valence-electron chi connectivity index (χ1n) is 7.83. The first-order valence-corrected chi connectivity index (χ1v) is 8.64. The molecule has 2 amide bonds. The highest BCUT2D eigenvalue weighted by Gasteiger charge is 2.35. The topological polar surface area (TPSA) is 144 Å². The van der Waals surface area contributed by atoms with Crippen molar-refractivity contribution in [1.82, 2.24) is 4.90 Å². The summed E-state index contributed by atoms with van der Waals surface area (Å²) in [7, 11) is 0. The Morgan fingerprint density at radius 3 is 2.34 bits per heavy atom. The predicted octanol–water partition coefficient (Wildman–Crippen LogP) is 3.58. The van der Waals surface area contributed by atoms with Crippen LogP contribution in [-0.4, -0.2) is 31.0 Å². The molecule has 148 valence electrons. The molecular weight excluding hydrogens is 409 g/mol. The van der Waals surface area contributed by atoms with Gasteiger partial charge in [0.2, 0.25) is 5.75 Å². The summed E-state index contributed by atoms with van der Waals surface area (Å²) in [6.45, 7) is -0.136. The highest BCUT2D eigenvalue weighted by molar-refractivity contribution is 8.18. The minimum atomic E-state index is -1.00. The Balaban J connectivity index is 1.96. The minimum absolute atomic E-state index is 0.136. The predicted molar refractivity (Wildman–Crippen MR) is 99.3 cm³/mol. The van der Waals surface area contributed by atoms with E-state index in [1.165, 1.54) is 24.3 Å². The molecule has 1 fully saturated rings. The Kier molecular flexibility index (Phi) is 5.28. The number of nitro groups is 2. The number of thioether (sulfide) groups is 1. The van der Waals surface area contributed by atoms with Gasteiger partial charge in [-0.25, -0.2) is 4.39 Å². The molecule has 2 aromatic rings. The van der Waals surface area contributed by atoms with Gasteiger partial charge in [0.1, 0.15) is 5.82 Å². The number of phenols is 1. The van der Waals surface area contributed by atoms with Gasteiger partial charge in [-0.3, -0.25) is 34.7 Å². The lowest BCUT2D eigenvalue weighted by Gasteiger charge is -2.12. The van der Waals surface area contributed by atoms with Crippen molar-refractivity contribution in [2.45, 2.75) is 6.54 Å². The molecule has 1 heterocycles. The Bertz CT molecular complexity index is 1090. The summed E-state index contributed by atoms with van der Waals surface area (Å²) in [5, 5.41) is 31.4. The first kappa shape index (κ1) is 19.9. The van der Waals surface area contributed by atoms with E-state index in [0.717, 1.165) is 17.0 Å². The Hall–Kier alpha value is -3.80. The third-order valence-corrected chi connectivity index (χ3v) is 4.83. The van der Waals surface area contributed by atoms with Crippen LogP contribution in [0.1, 0.15) is 11.1 Å². The lowest BCUT2D eigenvalue weighted by molar-refractivity contribution is -0.394. The maximum Gasteiger partial charge on any atom is 0.318 e. The molecule has 0 atom stereocenters. The molecule has 0 bridgehead atoms. The number of carbonyl (C=O) groups excluding carboxylic acids is 2. The fraction of sp³-hybridized carbons (Fsp3) is 0.0588. The molecule has 10 nitrogen and oxygen atoms in total. The molecule has 12 heteroatoms. The molecule has 0 unspecified atom stereocenters. The molecule has 0 radical (unpaired) electrons. The van der Waals surface area contributed by atoms with E-state index in [-0.39, 0.29) is 17.0 Å². The van der Waals surface area contributed by atoms with Gasteiger partial charge in [0.15, 0.2) is 0 Å². The Labute approximate surface area is 165 Å². The molecule has 1 N–H and O–H groups in total. The largest absolute Gasteiger partial charge is 0.502 e. The van der Waals surface area contributed by atoms with Crippen LogP contribution in [0.3, 0.4) is 0 Å². The number of rotatable bonds is 5. The fourth-order valence-corrected chi connectivity index (χ4v) is 3.36. The number of nitro benzene ring substituents is 2. The number of hydrogen-bond acceptors (Lipinski definition) is 8. The van der Waals surface area contributed by atoms with Gasteiger partial charge in [-0.2, -0.15) is 0 Å². The highest BCUT2D eigenvalue weighted by atomic mass is 32.2. The minimum Gasteiger partial charge on any atom is -0.502 e. The van der Waals surface area contributed by atoms with Crippen molar-refractivity contribution >= 4 is 40.4 Å². The first-order chi connectivity index (χ1) is 13.7. The second kappa shape index (κ2) is 7.67. The standard InChI is InChI=1S/C17H10FN3O7S/c18-11-3-1-9(2-4-11)8-19-16(23)14(29-17(19)24)6-10-5-12(20(25)26)7-13(15(10)22)21(27)28/h1-7,22H,8H2/b14-6-. The van der Waals surface area contributed by atoms with Crippen LogP contribution in [0.25, 0.3) is 6.08 Å². The second-order valence-electron chi connectivity index (χ2n) is 5.81.